The van der Waals surface area contributed by atoms with E-state index < -0.39 is 30.1 Å². The van der Waals surface area contributed by atoms with Crippen molar-refractivity contribution in [3.63, 3.8) is 0 Å². The van der Waals surface area contributed by atoms with Gasteiger partial charge in [0, 0.05) is 6.20 Å². The van der Waals surface area contributed by atoms with Crippen molar-refractivity contribution in [2.24, 2.45) is 17.8 Å². The summed E-state index contributed by atoms with van der Waals surface area (Å²) < 4.78 is 6.28. The predicted octanol–water partition coefficient (Wildman–Crippen LogP) is 2.84. The molecule has 1 aromatic rings. The van der Waals surface area contributed by atoms with Crippen molar-refractivity contribution in [3.05, 3.63) is 36.0 Å². The third-order valence-electron chi connectivity index (χ3n) is 6.37. The quantitative estimate of drug-likeness (QED) is 0.452. The molecular weight excluding hydrogens is 444 g/mol. The van der Waals surface area contributed by atoms with Crippen LogP contribution in [0.4, 0.5) is 0 Å². The largest absolute Gasteiger partial charge is 0.487 e. The lowest BCUT2D eigenvalue weighted by atomic mass is 9.94. The Kier molecular flexibility index (Phi) is 10.8. The second-order valence-corrected chi connectivity index (χ2v) is 10.1. The molecule has 2 aliphatic heterocycles. The van der Waals surface area contributed by atoms with Crippen molar-refractivity contribution >= 4 is 23.8 Å². The van der Waals surface area contributed by atoms with Crippen LogP contribution in [0.25, 0.3) is 6.08 Å². The molecule has 0 aromatic heterocycles. The van der Waals surface area contributed by atoms with Gasteiger partial charge in [0.1, 0.15) is 23.9 Å². The maximum atomic E-state index is 13.7. The fourth-order valence-electron chi connectivity index (χ4n) is 4.14. The number of rotatable bonds is 8. The van der Waals surface area contributed by atoms with E-state index in [0.717, 1.165) is 12.0 Å². The molecule has 8 nitrogen and oxygen atoms in total. The molecule has 35 heavy (non-hydrogen) atoms. The number of carbonyl (C=O) groups excluding carboxylic acids is 3. The number of hydrogen-bond donors (Lipinski definition) is 4. The van der Waals surface area contributed by atoms with Gasteiger partial charge in [0.25, 0.3) is 0 Å². The number of benzene rings is 1. The fourth-order valence-corrected chi connectivity index (χ4v) is 4.14. The summed E-state index contributed by atoms with van der Waals surface area (Å²) >= 11 is 0. The lowest BCUT2D eigenvalue weighted by molar-refractivity contribution is -0.135. The van der Waals surface area contributed by atoms with E-state index in [1.165, 1.54) is 0 Å². The molecule has 5 atom stereocenters. The number of likely N-dealkylation sites (N-methyl/N-ethyl adjacent to an activating group) is 1. The van der Waals surface area contributed by atoms with Crippen LogP contribution in [-0.2, 0) is 14.4 Å². The third-order valence-corrected chi connectivity index (χ3v) is 6.37. The topological polar surface area (TPSA) is 109 Å². The average molecular weight is 487 g/mol. The van der Waals surface area contributed by atoms with Gasteiger partial charge in [0.2, 0.25) is 17.7 Å². The third kappa shape index (κ3) is 8.09. The number of fused-ring (bicyclic) bond motifs is 10. The summed E-state index contributed by atoms with van der Waals surface area (Å²) in [5.41, 5.74) is 0.899. The molecule has 2 aliphatic rings. The van der Waals surface area contributed by atoms with E-state index in [0.29, 0.717) is 12.2 Å². The fraction of sp³-hybridized carbons (Fsp3) is 0.593. The maximum Gasteiger partial charge on any atom is 0.247 e. The Hall–Kier alpha value is -2.87. The number of carbonyl (C=O) groups is 3. The van der Waals surface area contributed by atoms with E-state index in [9.17, 15) is 14.4 Å². The Balaban J connectivity index is 2.50. The van der Waals surface area contributed by atoms with Gasteiger partial charge in [-0.15, -0.1) is 0 Å². The van der Waals surface area contributed by atoms with Gasteiger partial charge in [0.05, 0.1) is 6.04 Å². The molecule has 2 bridgehead atoms. The number of hydrogen-bond acceptors (Lipinski definition) is 5. The lowest BCUT2D eigenvalue weighted by Gasteiger charge is -2.33. The monoisotopic (exact) mass is 486 g/mol. The summed E-state index contributed by atoms with van der Waals surface area (Å²) in [7, 11) is 1.73. The van der Waals surface area contributed by atoms with Crippen LogP contribution in [-0.4, -0.2) is 49.0 Å². The maximum absolute atomic E-state index is 13.7. The molecule has 8 heteroatoms. The lowest BCUT2D eigenvalue weighted by Crippen LogP contribution is -2.62. The summed E-state index contributed by atoms with van der Waals surface area (Å²) in [4.78, 5) is 39.9. The van der Waals surface area contributed by atoms with Crippen molar-refractivity contribution < 1.29 is 19.1 Å². The molecular formula is C27H42N4O4. The molecule has 0 fully saturated rings. The van der Waals surface area contributed by atoms with Gasteiger partial charge in [-0.25, -0.2) is 0 Å². The Labute approximate surface area is 209 Å². The highest BCUT2D eigenvalue weighted by atomic mass is 16.5. The van der Waals surface area contributed by atoms with Crippen LogP contribution in [0.3, 0.4) is 0 Å². The van der Waals surface area contributed by atoms with Crippen LogP contribution in [0.15, 0.2) is 30.5 Å². The molecule has 1 aromatic carbocycles. The van der Waals surface area contributed by atoms with E-state index >= 15 is 0 Å². The normalized spacial score (nSPS) is 23.6. The molecule has 3 amide bonds. The summed E-state index contributed by atoms with van der Waals surface area (Å²) in [6.07, 6.45) is 3.97. The van der Waals surface area contributed by atoms with Crippen molar-refractivity contribution in [1.82, 2.24) is 21.3 Å². The SMILES string of the molecule is CCC(C)C(NC)C(=O)NC1C(=O)NC(CC(C)C)C(=O)N/C=C\c2ccc(cc2)OC1C(C)C. The van der Waals surface area contributed by atoms with Crippen LogP contribution < -0.4 is 26.0 Å². The minimum Gasteiger partial charge on any atom is -0.487 e. The zero-order valence-electron chi connectivity index (χ0n) is 22.1. The van der Waals surface area contributed by atoms with E-state index in [2.05, 4.69) is 21.3 Å². The molecule has 3 rings (SSSR count). The van der Waals surface area contributed by atoms with Crippen molar-refractivity contribution in [1.29, 1.82) is 0 Å². The second-order valence-electron chi connectivity index (χ2n) is 10.1. The molecule has 0 saturated heterocycles. The van der Waals surface area contributed by atoms with E-state index in [1.54, 1.807) is 19.3 Å². The van der Waals surface area contributed by atoms with Gasteiger partial charge in [-0.3, -0.25) is 14.4 Å². The van der Waals surface area contributed by atoms with E-state index in [4.69, 9.17) is 4.74 Å². The molecule has 194 valence electrons. The van der Waals surface area contributed by atoms with Crippen molar-refractivity contribution in [2.75, 3.05) is 7.05 Å². The molecule has 0 aliphatic carbocycles. The van der Waals surface area contributed by atoms with Crippen LogP contribution in [0.2, 0.25) is 0 Å². The minimum atomic E-state index is -0.997. The predicted molar refractivity (Wildman–Crippen MR) is 138 cm³/mol. The summed E-state index contributed by atoms with van der Waals surface area (Å²) in [5, 5.41) is 11.7. The van der Waals surface area contributed by atoms with Crippen LogP contribution in [0, 0.1) is 17.8 Å². The van der Waals surface area contributed by atoms with Gasteiger partial charge in [-0.1, -0.05) is 60.1 Å². The van der Waals surface area contributed by atoms with Crippen LogP contribution in [0.1, 0.15) is 59.9 Å². The first-order chi connectivity index (χ1) is 16.6. The first-order valence-corrected chi connectivity index (χ1v) is 12.6. The zero-order chi connectivity index (χ0) is 26.1. The van der Waals surface area contributed by atoms with Gasteiger partial charge in [0.15, 0.2) is 0 Å². The Morgan fingerprint density at radius 2 is 1.71 bits per heavy atom. The van der Waals surface area contributed by atoms with Gasteiger partial charge >= 0.3 is 0 Å². The van der Waals surface area contributed by atoms with Gasteiger partial charge in [-0.05, 0) is 55.0 Å². The molecule has 0 radical (unpaired) electrons. The Bertz CT molecular complexity index is 882. The van der Waals surface area contributed by atoms with Crippen molar-refractivity contribution in [2.45, 2.75) is 78.6 Å². The highest BCUT2D eigenvalue weighted by molar-refractivity contribution is 5.94. The summed E-state index contributed by atoms with van der Waals surface area (Å²) in [6.45, 7) is 11.9. The molecule has 2 heterocycles. The summed E-state index contributed by atoms with van der Waals surface area (Å²) in [6, 6.07) is 5.17. The number of ether oxygens (including phenoxy) is 1. The molecule has 0 spiro atoms. The second kappa shape index (κ2) is 13.3. The summed E-state index contributed by atoms with van der Waals surface area (Å²) in [5.74, 6) is -0.303. The number of nitrogens with one attached hydrogen (secondary N) is 4. The van der Waals surface area contributed by atoms with E-state index in [-0.39, 0.29) is 29.6 Å². The molecule has 5 unspecified atom stereocenters. The number of amides is 3. The molecule has 4 N–H and O–H groups in total. The van der Waals surface area contributed by atoms with Gasteiger partial charge < -0.3 is 26.0 Å². The first-order valence-electron chi connectivity index (χ1n) is 12.6. The van der Waals surface area contributed by atoms with Gasteiger partial charge in [-0.2, -0.15) is 0 Å². The first kappa shape index (κ1) is 28.4. The van der Waals surface area contributed by atoms with Crippen molar-refractivity contribution in [3.8, 4) is 5.75 Å². The Morgan fingerprint density at radius 3 is 2.26 bits per heavy atom. The smallest absolute Gasteiger partial charge is 0.247 e. The Morgan fingerprint density at radius 1 is 1.06 bits per heavy atom. The zero-order valence-corrected chi connectivity index (χ0v) is 22.1. The van der Waals surface area contributed by atoms with Crippen LogP contribution in [0.5, 0.6) is 5.75 Å². The van der Waals surface area contributed by atoms with Crippen LogP contribution >= 0.6 is 0 Å². The minimum absolute atomic E-state index is 0.0683. The van der Waals surface area contributed by atoms with E-state index in [1.807, 2.05) is 65.8 Å². The standard InChI is InChI=1S/C27H42N4O4/c1-8-18(6)22(28-7)26(33)31-23-24(17(4)5)35-20-11-9-19(10-12-20)13-14-29-25(32)21(15-16(2)3)30-27(23)34/h9-14,16-18,21-24,28H,8,15H2,1-7H3,(H,29,32)(H,30,34)(H,31,33)/b14-13-. The molecule has 0 saturated carbocycles. The highest BCUT2D eigenvalue weighted by Crippen LogP contribution is 2.21. The highest BCUT2D eigenvalue weighted by Gasteiger charge is 2.38. The average Bonchev–Trinajstić information content (AvgIpc) is 2.80.